The van der Waals surface area contributed by atoms with Gasteiger partial charge in [-0.15, -0.1) is 0 Å². The molecular weight excluding hydrogens is 224 g/mol. The summed E-state index contributed by atoms with van der Waals surface area (Å²) < 4.78 is 0. The second-order valence-electron chi connectivity index (χ2n) is 6.73. The van der Waals surface area contributed by atoms with Crippen LogP contribution >= 0.6 is 0 Å². The molecule has 3 rings (SSSR count). The zero-order valence-electron chi connectivity index (χ0n) is 11.6. The Morgan fingerprint density at radius 2 is 2.00 bits per heavy atom. The van der Waals surface area contributed by atoms with Crippen LogP contribution in [-0.4, -0.2) is 25.5 Å². The Kier molecular flexibility index (Phi) is 3.35. The molecule has 0 aromatic rings. The van der Waals surface area contributed by atoms with Crippen molar-refractivity contribution in [1.82, 2.24) is 10.6 Å². The first kappa shape index (κ1) is 12.5. The first-order chi connectivity index (χ1) is 8.70. The van der Waals surface area contributed by atoms with Crippen molar-refractivity contribution in [2.24, 2.45) is 29.6 Å². The number of carbonyl (C=O) groups excluding carboxylic acids is 1. The van der Waals surface area contributed by atoms with Crippen molar-refractivity contribution in [3.8, 4) is 0 Å². The molecule has 0 heterocycles. The SMILES string of the molecule is CNCC(C)C(=O)NC1CC2CC1C1CCCC21. The van der Waals surface area contributed by atoms with Gasteiger partial charge in [0.25, 0.3) is 0 Å². The quantitative estimate of drug-likeness (QED) is 0.798. The molecule has 3 aliphatic rings. The minimum absolute atomic E-state index is 0.0912. The van der Waals surface area contributed by atoms with Crippen LogP contribution in [0.25, 0.3) is 0 Å². The zero-order valence-corrected chi connectivity index (χ0v) is 11.6. The van der Waals surface area contributed by atoms with Crippen molar-refractivity contribution in [2.45, 2.75) is 45.1 Å². The molecule has 6 atom stereocenters. The number of carbonyl (C=O) groups is 1. The van der Waals surface area contributed by atoms with Gasteiger partial charge in [-0.1, -0.05) is 13.3 Å². The van der Waals surface area contributed by atoms with E-state index in [1.54, 1.807) is 0 Å². The molecule has 0 aromatic carbocycles. The fourth-order valence-electron chi connectivity index (χ4n) is 4.96. The number of fused-ring (bicyclic) bond motifs is 5. The van der Waals surface area contributed by atoms with Gasteiger partial charge in [-0.05, 0) is 56.4 Å². The third-order valence-electron chi connectivity index (χ3n) is 5.71. The summed E-state index contributed by atoms with van der Waals surface area (Å²) in [6.07, 6.45) is 6.95. The lowest BCUT2D eigenvalue weighted by Crippen LogP contribution is -2.45. The molecule has 3 saturated carbocycles. The summed E-state index contributed by atoms with van der Waals surface area (Å²) in [6.45, 7) is 2.79. The summed E-state index contributed by atoms with van der Waals surface area (Å²) in [7, 11) is 1.91. The van der Waals surface area contributed by atoms with E-state index < -0.39 is 0 Å². The number of hydrogen-bond donors (Lipinski definition) is 2. The molecular formula is C15H26N2O. The second-order valence-corrected chi connectivity index (χ2v) is 6.73. The van der Waals surface area contributed by atoms with E-state index in [0.717, 1.165) is 30.2 Å². The van der Waals surface area contributed by atoms with Crippen molar-refractivity contribution in [2.75, 3.05) is 13.6 Å². The first-order valence-corrected chi connectivity index (χ1v) is 7.65. The third-order valence-corrected chi connectivity index (χ3v) is 5.71. The van der Waals surface area contributed by atoms with Crippen molar-refractivity contribution in [1.29, 1.82) is 0 Å². The Morgan fingerprint density at radius 3 is 2.78 bits per heavy atom. The Balaban J connectivity index is 1.58. The molecule has 3 nitrogen and oxygen atoms in total. The Labute approximate surface area is 110 Å². The number of hydrogen-bond acceptors (Lipinski definition) is 2. The van der Waals surface area contributed by atoms with Crippen LogP contribution in [0.2, 0.25) is 0 Å². The predicted molar refractivity (Wildman–Crippen MR) is 72.1 cm³/mol. The molecule has 0 radical (unpaired) electrons. The van der Waals surface area contributed by atoms with Gasteiger partial charge in [-0.2, -0.15) is 0 Å². The lowest BCUT2D eigenvalue weighted by atomic mass is 9.79. The maximum absolute atomic E-state index is 12.1. The molecule has 3 aliphatic carbocycles. The van der Waals surface area contributed by atoms with E-state index in [-0.39, 0.29) is 11.8 Å². The van der Waals surface area contributed by atoms with Gasteiger partial charge >= 0.3 is 0 Å². The largest absolute Gasteiger partial charge is 0.353 e. The van der Waals surface area contributed by atoms with E-state index in [1.165, 1.54) is 32.1 Å². The molecule has 18 heavy (non-hydrogen) atoms. The number of rotatable bonds is 4. The maximum Gasteiger partial charge on any atom is 0.224 e. The van der Waals surface area contributed by atoms with Crippen LogP contribution < -0.4 is 10.6 Å². The van der Waals surface area contributed by atoms with Gasteiger partial charge < -0.3 is 10.6 Å². The highest BCUT2D eigenvalue weighted by atomic mass is 16.1. The highest BCUT2D eigenvalue weighted by molar-refractivity contribution is 5.78. The van der Waals surface area contributed by atoms with E-state index >= 15 is 0 Å². The Morgan fingerprint density at radius 1 is 1.22 bits per heavy atom. The van der Waals surface area contributed by atoms with Gasteiger partial charge in [0, 0.05) is 18.5 Å². The minimum Gasteiger partial charge on any atom is -0.353 e. The van der Waals surface area contributed by atoms with Crippen LogP contribution in [0, 0.1) is 29.6 Å². The number of amides is 1. The second kappa shape index (κ2) is 4.84. The molecule has 1 amide bonds. The first-order valence-electron chi connectivity index (χ1n) is 7.65. The highest BCUT2D eigenvalue weighted by Gasteiger charge is 2.54. The fourth-order valence-corrected chi connectivity index (χ4v) is 4.96. The lowest BCUT2D eigenvalue weighted by Gasteiger charge is -2.32. The molecule has 3 heteroatoms. The minimum atomic E-state index is 0.0912. The highest BCUT2D eigenvalue weighted by Crippen LogP contribution is 2.58. The molecule has 0 aliphatic heterocycles. The fraction of sp³-hybridized carbons (Fsp3) is 0.933. The van der Waals surface area contributed by atoms with Crippen molar-refractivity contribution in [3.63, 3.8) is 0 Å². The molecule has 2 bridgehead atoms. The van der Waals surface area contributed by atoms with Crippen LogP contribution in [0.3, 0.4) is 0 Å². The van der Waals surface area contributed by atoms with Gasteiger partial charge in [0.05, 0.1) is 0 Å². The molecule has 3 fully saturated rings. The average molecular weight is 250 g/mol. The summed E-state index contributed by atoms with van der Waals surface area (Å²) >= 11 is 0. The van der Waals surface area contributed by atoms with Crippen LogP contribution in [-0.2, 0) is 4.79 Å². The zero-order chi connectivity index (χ0) is 12.7. The summed E-state index contributed by atoms with van der Waals surface area (Å²) in [5.41, 5.74) is 0. The molecule has 2 N–H and O–H groups in total. The molecule has 0 spiro atoms. The Hall–Kier alpha value is -0.570. The smallest absolute Gasteiger partial charge is 0.224 e. The maximum atomic E-state index is 12.1. The van der Waals surface area contributed by atoms with Gasteiger partial charge in [-0.3, -0.25) is 4.79 Å². The van der Waals surface area contributed by atoms with E-state index in [0.29, 0.717) is 6.04 Å². The van der Waals surface area contributed by atoms with Crippen LogP contribution in [0.4, 0.5) is 0 Å². The van der Waals surface area contributed by atoms with Crippen molar-refractivity contribution < 1.29 is 4.79 Å². The monoisotopic (exact) mass is 250 g/mol. The van der Waals surface area contributed by atoms with Gasteiger partial charge in [-0.25, -0.2) is 0 Å². The molecule has 0 saturated heterocycles. The predicted octanol–water partition coefficient (Wildman–Crippen LogP) is 1.78. The summed E-state index contributed by atoms with van der Waals surface area (Å²) in [5.74, 6) is 4.01. The van der Waals surface area contributed by atoms with Crippen molar-refractivity contribution in [3.05, 3.63) is 0 Å². The van der Waals surface area contributed by atoms with Crippen LogP contribution in [0.5, 0.6) is 0 Å². The summed E-state index contributed by atoms with van der Waals surface area (Å²) in [5, 5.41) is 6.41. The average Bonchev–Trinajstić information content (AvgIpc) is 3.00. The van der Waals surface area contributed by atoms with Crippen molar-refractivity contribution >= 4 is 5.91 Å². The topological polar surface area (TPSA) is 41.1 Å². The van der Waals surface area contributed by atoms with E-state index in [4.69, 9.17) is 0 Å². The Bertz CT molecular complexity index is 330. The van der Waals surface area contributed by atoms with Crippen LogP contribution in [0.15, 0.2) is 0 Å². The van der Waals surface area contributed by atoms with E-state index in [1.807, 2.05) is 14.0 Å². The standard InChI is InChI=1S/C15H26N2O/c1-9(8-16-2)15(18)17-14-7-10-6-13(14)12-5-3-4-11(10)12/h9-14,16H,3-8H2,1-2H3,(H,17,18). The van der Waals surface area contributed by atoms with E-state index in [2.05, 4.69) is 10.6 Å². The number of nitrogens with one attached hydrogen (secondary N) is 2. The summed E-state index contributed by atoms with van der Waals surface area (Å²) in [6, 6.07) is 0.487. The van der Waals surface area contributed by atoms with Gasteiger partial charge in [0.15, 0.2) is 0 Å². The molecule has 102 valence electrons. The van der Waals surface area contributed by atoms with E-state index in [9.17, 15) is 4.79 Å². The normalized spacial score (nSPS) is 42.9. The summed E-state index contributed by atoms with van der Waals surface area (Å²) in [4.78, 5) is 12.1. The lowest BCUT2D eigenvalue weighted by molar-refractivity contribution is -0.125. The molecule has 0 aromatic heterocycles. The third kappa shape index (κ3) is 1.97. The van der Waals surface area contributed by atoms with Gasteiger partial charge in [0.1, 0.15) is 0 Å². The van der Waals surface area contributed by atoms with Crippen LogP contribution in [0.1, 0.15) is 39.0 Å². The molecule has 6 unspecified atom stereocenters. The van der Waals surface area contributed by atoms with Gasteiger partial charge in [0.2, 0.25) is 5.91 Å².